The predicted molar refractivity (Wildman–Crippen MR) is 76.7 cm³/mol. The van der Waals surface area contributed by atoms with Gasteiger partial charge in [0, 0.05) is 25.7 Å². The van der Waals surface area contributed by atoms with Crippen LogP contribution in [0.4, 0.5) is 4.39 Å². The number of ether oxygens (including phenoxy) is 3. The summed E-state index contributed by atoms with van der Waals surface area (Å²) < 4.78 is 30.2. The van der Waals surface area contributed by atoms with Gasteiger partial charge in [-0.2, -0.15) is 0 Å². The maximum atomic E-state index is 13.8. The van der Waals surface area contributed by atoms with Gasteiger partial charge in [-0.1, -0.05) is 6.07 Å². The molecule has 3 rings (SSSR count). The molecule has 4 nitrogen and oxygen atoms in total. The normalized spacial score (nSPS) is 30.5. The van der Waals surface area contributed by atoms with E-state index >= 15 is 0 Å². The largest absolute Gasteiger partial charge is 0.494 e. The number of hydrogen-bond donors (Lipinski definition) is 1. The molecule has 0 radical (unpaired) electrons. The molecular weight excluding hydrogens is 273 g/mol. The smallest absolute Gasteiger partial charge is 0.165 e. The molecule has 2 heterocycles. The lowest BCUT2D eigenvalue weighted by Crippen LogP contribution is -2.43. The standard InChI is InChI=1S/C16H22FNO3/c1-19-14-3-2-11(8-13(14)17)15(18)12-4-6-21-16(9-12)5-7-20-10-16/h2-3,8,12,15H,4-7,9-10,18H2,1H3. The molecule has 2 aliphatic rings. The first-order chi connectivity index (χ1) is 10.1. The zero-order valence-corrected chi connectivity index (χ0v) is 12.3. The quantitative estimate of drug-likeness (QED) is 0.930. The lowest BCUT2D eigenvalue weighted by atomic mass is 9.79. The fraction of sp³-hybridized carbons (Fsp3) is 0.625. The Morgan fingerprint density at radius 2 is 2.29 bits per heavy atom. The van der Waals surface area contributed by atoms with Gasteiger partial charge in [0.1, 0.15) is 0 Å². The van der Waals surface area contributed by atoms with E-state index < -0.39 is 0 Å². The maximum absolute atomic E-state index is 13.8. The highest BCUT2D eigenvalue weighted by Crippen LogP contribution is 2.40. The molecule has 1 spiro atoms. The van der Waals surface area contributed by atoms with Crippen molar-refractivity contribution in [3.05, 3.63) is 29.6 Å². The van der Waals surface area contributed by atoms with Crippen molar-refractivity contribution in [1.29, 1.82) is 0 Å². The Bertz CT molecular complexity index is 502. The summed E-state index contributed by atoms with van der Waals surface area (Å²) in [5, 5.41) is 0. The van der Waals surface area contributed by atoms with Crippen LogP contribution in [0.1, 0.15) is 30.9 Å². The van der Waals surface area contributed by atoms with Crippen LogP contribution in [0.5, 0.6) is 5.75 Å². The van der Waals surface area contributed by atoms with Gasteiger partial charge >= 0.3 is 0 Å². The van der Waals surface area contributed by atoms with Gasteiger partial charge in [0.2, 0.25) is 0 Å². The minimum absolute atomic E-state index is 0.175. The van der Waals surface area contributed by atoms with Gasteiger partial charge in [-0.05, 0) is 36.5 Å². The number of methoxy groups -OCH3 is 1. The molecule has 0 aromatic heterocycles. The fourth-order valence-corrected chi connectivity index (χ4v) is 3.40. The van der Waals surface area contributed by atoms with Crippen LogP contribution in [-0.4, -0.2) is 32.5 Å². The van der Waals surface area contributed by atoms with Gasteiger partial charge in [0.25, 0.3) is 0 Å². The third kappa shape index (κ3) is 2.91. The van der Waals surface area contributed by atoms with Crippen LogP contribution >= 0.6 is 0 Å². The summed E-state index contributed by atoms with van der Waals surface area (Å²) >= 11 is 0. The SMILES string of the molecule is COc1ccc(C(N)C2CCOC3(CCOC3)C2)cc1F. The van der Waals surface area contributed by atoms with E-state index in [1.54, 1.807) is 6.07 Å². The van der Waals surface area contributed by atoms with Crippen molar-refractivity contribution in [3.63, 3.8) is 0 Å². The lowest BCUT2D eigenvalue weighted by Gasteiger charge is -2.39. The summed E-state index contributed by atoms with van der Waals surface area (Å²) in [7, 11) is 1.46. The Morgan fingerprint density at radius 3 is 2.95 bits per heavy atom. The molecule has 1 aromatic rings. The minimum atomic E-state index is -0.364. The van der Waals surface area contributed by atoms with Crippen LogP contribution in [0.25, 0.3) is 0 Å². The number of halogens is 1. The molecule has 116 valence electrons. The third-order valence-corrected chi connectivity index (χ3v) is 4.67. The van der Waals surface area contributed by atoms with Crippen molar-refractivity contribution < 1.29 is 18.6 Å². The summed E-state index contributed by atoms with van der Waals surface area (Å²) in [4.78, 5) is 0. The van der Waals surface area contributed by atoms with Crippen molar-refractivity contribution in [2.45, 2.75) is 30.9 Å². The molecular formula is C16H22FNO3. The van der Waals surface area contributed by atoms with Crippen LogP contribution in [-0.2, 0) is 9.47 Å². The van der Waals surface area contributed by atoms with Crippen molar-refractivity contribution in [1.82, 2.24) is 0 Å². The Labute approximate surface area is 124 Å². The van der Waals surface area contributed by atoms with Gasteiger partial charge in [0.15, 0.2) is 11.6 Å². The fourth-order valence-electron chi connectivity index (χ4n) is 3.40. The molecule has 0 saturated carbocycles. The van der Waals surface area contributed by atoms with Crippen molar-refractivity contribution in [3.8, 4) is 5.75 Å². The van der Waals surface area contributed by atoms with Crippen LogP contribution < -0.4 is 10.5 Å². The molecule has 21 heavy (non-hydrogen) atoms. The summed E-state index contributed by atoms with van der Waals surface area (Å²) in [5.74, 6) is 0.170. The second-order valence-corrected chi connectivity index (χ2v) is 6.01. The first kappa shape index (κ1) is 14.8. The number of rotatable bonds is 3. The lowest BCUT2D eigenvalue weighted by molar-refractivity contribution is -0.101. The molecule has 3 atom stereocenters. The second-order valence-electron chi connectivity index (χ2n) is 6.01. The molecule has 2 N–H and O–H groups in total. The Balaban J connectivity index is 1.75. The Hall–Kier alpha value is -1.17. The Morgan fingerprint density at radius 1 is 1.43 bits per heavy atom. The van der Waals surface area contributed by atoms with Crippen LogP contribution in [0.2, 0.25) is 0 Å². The van der Waals surface area contributed by atoms with E-state index in [0.717, 1.165) is 31.4 Å². The maximum Gasteiger partial charge on any atom is 0.165 e. The topological polar surface area (TPSA) is 53.7 Å². The summed E-state index contributed by atoms with van der Waals surface area (Å²) in [6.07, 6.45) is 2.70. The highest BCUT2D eigenvalue weighted by molar-refractivity contribution is 5.31. The third-order valence-electron chi connectivity index (χ3n) is 4.67. The summed E-state index contributed by atoms with van der Waals surface area (Å²) in [6.45, 7) is 2.09. The summed E-state index contributed by atoms with van der Waals surface area (Å²) in [5.41, 5.74) is 7.02. The average molecular weight is 295 g/mol. The van der Waals surface area contributed by atoms with E-state index in [-0.39, 0.29) is 29.1 Å². The predicted octanol–water partition coefficient (Wildman–Crippen LogP) is 2.42. The van der Waals surface area contributed by atoms with Crippen molar-refractivity contribution >= 4 is 0 Å². The van der Waals surface area contributed by atoms with Crippen LogP contribution in [0, 0.1) is 11.7 Å². The first-order valence-electron chi connectivity index (χ1n) is 7.44. The number of hydrogen-bond acceptors (Lipinski definition) is 4. The summed E-state index contributed by atoms with van der Waals surface area (Å²) in [6, 6.07) is 4.78. The molecule has 3 unspecified atom stereocenters. The molecule has 0 aliphatic carbocycles. The number of nitrogens with two attached hydrogens (primary N) is 1. The monoisotopic (exact) mass is 295 g/mol. The van der Waals surface area contributed by atoms with Crippen molar-refractivity contribution in [2.24, 2.45) is 11.7 Å². The van der Waals surface area contributed by atoms with Gasteiger partial charge in [-0.15, -0.1) is 0 Å². The molecule has 5 heteroatoms. The molecule has 2 fully saturated rings. The van der Waals surface area contributed by atoms with E-state index in [2.05, 4.69) is 0 Å². The van der Waals surface area contributed by atoms with E-state index in [4.69, 9.17) is 19.9 Å². The highest BCUT2D eigenvalue weighted by atomic mass is 19.1. The van der Waals surface area contributed by atoms with E-state index in [1.165, 1.54) is 13.2 Å². The number of benzene rings is 1. The highest BCUT2D eigenvalue weighted by Gasteiger charge is 2.42. The van der Waals surface area contributed by atoms with E-state index in [0.29, 0.717) is 13.2 Å². The minimum Gasteiger partial charge on any atom is -0.494 e. The average Bonchev–Trinajstić information content (AvgIpc) is 2.94. The van der Waals surface area contributed by atoms with E-state index in [1.807, 2.05) is 6.07 Å². The Kier molecular flexibility index (Phi) is 4.15. The van der Waals surface area contributed by atoms with Gasteiger partial charge in [0.05, 0.1) is 19.3 Å². The van der Waals surface area contributed by atoms with Gasteiger partial charge in [-0.3, -0.25) is 0 Å². The van der Waals surface area contributed by atoms with E-state index in [9.17, 15) is 4.39 Å². The van der Waals surface area contributed by atoms with Crippen molar-refractivity contribution in [2.75, 3.05) is 26.9 Å². The van der Waals surface area contributed by atoms with Gasteiger partial charge in [-0.25, -0.2) is 4.39 Å². The van der Waals surface area contributed by atoms with Crippen LogP contribution in [0.3, 0.4) is 0 Å². The molecule has 2 saturated heterocycles. The molecule has 1 aromatic carbocycles. The van der Waals surface area contributed by atoms with Crippen LogP contribution in [0.15, 0.2) is 18.2 Å². The first-order valence-corrected chi connectivity index (χ1v) is 7.44. The molecule has 0 bridgehead atoms. The molecule has 0 amide bonds. The zero-order valence-electron chi connectivity index (χ0n) is 12.3. The van der Waals surface area contributed by atoms with Gasteiger partial charge < -0.3 is 19.9 Å². The zero-order chi connectivity index (χ0) is 14.9. The molecule has 2 aliphatic heterocycles. The second kappa shape index (κ2) is 5.91.